The fourth-order valence-electron chi connectivity index (χ4n) is 4.55. The van der Waals surface area contributed by atoms with Crippen LogP contribution < -0.4 is 14.8 Å². The second-order valence-corrected chi connectivity index (χ2v) is 8.47. The maximum absolute atomic E-state index is 6.45. The SMILES string of the molecule is COc1c[c]ccc1Nc1nc(OC2CCCC2)c2c(-c3ccc4nc(C)oc4c3)c[nH]c2n1. The molecule has 1 aliphatic carbocycles. The first kappa shape index (κ1) is 20.5. The summed E-state index contributed by atoms with van der Waals surface area (Å²) in [5, 5.41) is 4.11. The Balaban J connectivity index is 1.46. The molecule has 8 nitrogen and oxygen atoms in total. The van der Waals surface area contributed by atoms with Crippen molar-refractivity contribution in [2.45, 2.75) is 38.7 Å². The number of aryl methyl sites for hydroxylation is 1. The lowest BCUT2D eigenvalue weighted by atomic mass is 10.1. The first-order valence-corrected chi connectivity index (χ1v) is 11.4. The summed E-state index contributed by atoms with van der Waals surface area (Å²) in [4.78, 5) is 17.2. The Morgan fingerprint density at radius 1 is 1.15 bits per heavy atom. The van der Waals surface area contributed by atoms with E-state index in [9.17, 15) is 0 Å². The number of aromatic amines is 1. The number of nitrogens with zero attached hydrogens (tertiary/aromatic N) is 3. The van der Waals surface area contributed by atoms with Gasteiger partial charge in [0.1, 0.15) is 23.0 Å². The van der Waals surface area contributed by atoms with Gasteiger partial charge in [-0.05, 0) is 61.6 Å². The summed E-state index contributed by atoms with van der Waals surface area (Å²) in [7, 11) is 1.62. The second-order valence-electron chi connectivity index (χ2n) is 8.47. The van der Waals surface area contributed by atoms with Crippen molar-refractivity contribution in [1.82, 2.24) is 19.9 Å². The van der Waals surface area contributed by atoms with Gasteiger partial charge in [-0.1, -0.05) is 12.1 Å². The molecule has 1 aliphatic rings. The molecule has 1 saturated carbocycles. The Morgan fingerprint density at radius 3 is 2.88 bits per heavy atom. The maximum atomic E-state index is 6.45. The number of rotatable bonds is 6. The molecule has 5 aromatic rings. The number of benzene rings is 2. The molecule has 8 heteroatoms. The summed E-state index contributed by atoms with van der Waals surface area (Å²) in [6, 6.07) is 14.5. The molecule has 34 heavy (non-hydrogen) atoms. The Hall–Kier alpha value is -4.07. The number of fused-ring (bicyclic) bond motifs is 2. The number of H-pyrrole nitrogens is 1. The van der Waals surface area contributed by atoms with E-state index in [1.165, 1.54) is 12.8 Å². The number of nitrogens with one attached hydrogen (secondary N) is 2. The molecule has 0 spiro atoms. The van der Waals surface area contributed by atoms with Crippen molar-refractivity contribution >= 4 is 33.8 Å². The summed E-state index contributed by atoms with van der Waals surface area (Å²) in [5.41, 5.74) is 4.96. The predicted octanol–water partition coefficient (Wildman–Crippen LogP) is 5.95. The van der Waals surface area contributed by atoms with E-state index in [4.69, 9.17) is 23.9 Å². The van der Waals surface area contributed by atoms with Crippen molar-refractivity contribution in [3.8, 4) is 22.8 Å². The van der Waals surface area contributed by atoms with Crippen LogP contribution in [-0.2, 0) is 0 Å². The summed E-state index contributed by atoms with van der Waals surface area (Å²) < 4.78 is 17.6. The molecule has 1 fully saturated rings. The molecule has 0 atom stereocenters. The van der Waals surface area contributed by atoms with Gasteiger partial charge in [-0.2, -0.15) is 9.97 Å². The number of aromatic nitrogens is 4. The lowest BCUT2D eigenvalue weighted by Gasteiger charge is -2.15. The fraction of sp³-hybridized carbons (Fsp3) is 0.269. The van der Waals surface area contributed by atoms with Gasteiger partial charge in [0.2, 0.25) is 11.8 Å². The van der Waals surface area contributed by atoms with Gasteiger partial charge in [0.25, 0.3) is 0 Å². The molecule has 3 heterocycles. The summed E-state index contributed by atoms with van der Waals surface area (Å²) in [6.07, 6.45) is 6.48. The van der Waals surface area contributed by atoms with Crippen LogP contribution in [-0.4, -0.2) is 33.1 Å². The van der Waals surface area contributed by atoms with Crippen molar-refractivity contribution in [1.29, 1.82) is 0 Å². The van der Waals surface area contributed by atoms with Crippen LogP contribution in [0.25, 0.3) is 33.3 Å². The van der Waals surface area contributed by atoms with Gasteiger partial charge in [0, 0.05) is 18.7 Å². The molecule has 0 aliphatic heterocycles. The van der Waals surface area contributed by atoms with E-state index in [0.717, 1.165) is 46.1 Å². The van der Waals surface area contributed by atoms with E-state index in [2.05, 4.69) is 21.4 Å². The smallest absolute Gasteiger partial charge is 0.232 e. The van der Waals surface area contributed by atoms with Crippen molar-refractivity contribution in [3.05, 3.63) is 54.6 Å². The van der Waals surface area contributed by atoms with E-state index < -0.39 is 0 Å². The van der Waals surface area contributed by atoms with Gasteiger partial charge in [-0.15, -0.1) is 0 Å². The monoisotopic (exact) mass is 454 g/mol. The normalized spacial score (nSPS) is 14.2. The third-order valence-electron chi connectivity index (χ3n) is 6.18. The highest BCUT2D eigenvalue weighted by atomic mass is 16.5. The van der Waals surface area contributed by atoms with Crippen LogP contribution in [0.1, 0.15) is 31.6 Å². The highest BCUT2D eigenvalue weighted by Gasteiger charge is 2.23. The molecular weight excluding hydrogens is 430 g/mol. The van der Waals surface area contributed by atoms with Crippen LogP contribution in [0.4, 0.5) is 11.6 Å². The van der Waals surface area contributed by atoms with Crippen molar-refractivity contribution in [3.63, 3.8) is 0 Å². The summed E-state index contributed by atoms with van der Waals surface area (Å²) in [6.45, 7) is 1.85. The second kappa shape index (κ2) is 8.37. The minimum atomic E-state index is 0.147. The van der Waals surface area contributed by atoms with Crippen molar-refractivity contribution in [2.24, 2.45) is 0 Å². The zero-order chi connectivity index (χ0) is 23.1. The van der Waals surface area contributed by atoms with Gasteiger partial charge in [0.15, 0.2) is 11.5 Å². The molecule has 2 aromatic carbocycles. The predicted molar refractivity (Wildman–Crippen MR) is 130 cm³/mol. The number of oxazole rings is 1. The van der Waals surface area contributed by atoms with E-state index in [1.54, 1.807) is 13.2 Å². The number of anilines is 2. The third-order valence-corrected chi connectivity index (χ3v) is 6.18. The van der Waals surface area contributed by atoms with Gasteiger partial charge in [0.05, 0.1) is 18.2 Å². The summed E-state index contributed by atoms with van der Waals surface area (Å²) >= 11 is 0. The Kier molecular flexibility index (Phi) is 5.05. The van der Waals surface area contributed by atoms with Crippen LogP contribution in [0.2, 0.25) is 0 Å². The first-order chi connectivity index (χ1) is 16.7. The Labute approximate surface area is 196 Å². The minimum absolute atomic E-state index is 0.147. The fourth-order valence-corrected chi connectivity index (χ4v) is 4.55. The van der Waals surface area contributed by atoms with Crippen LogP contribution in [0.3, 0.4) is 0 Å². The number of ether oxygens (including phenoxy) is 2. The van der Waals surface area contributed by atoms with Gasteiger partial charge in [-0.3, -0.25) is 0 Å². The largest absolute Gasteiger partial charge is 0.495 e. The molecule has 0 bridgehead atoms. The number of hydrogen-bond acceptors (Lipinski definition) is 7. The molecule has 3 aromatic heterocycles. The molecule has 1 radical (unpaired) electrons. The number of hydrogen-bond donors (Lipinski definition) is 2. The zero-order valence-corrected chi connectivity index (χ0v) is 19.0. The van der Waals surface area contributed by atoms with Crippen LogP contribution in [0, 0.1) is 13.0 Å². The van der Waals surface area contributed by atoms with Gasteiger partial charge < -0.3 is 24.2 Å². The van der Waals surface area contributed by atoms with E-state index in [1.807, 2.05) is 43.5 Å². The lowest BCUT2D eigenvalue weighted by Crippen LogP contribution is -2.13. The van der Waals surface area contributed by atoms with E-state index >= 15 is 0 Å². The molecule has 0 amide bonds. The van der Waals surface area contributed by atoms with Crippen LogP contribution in [0.5, 0.6) is 11.6 Å². The standard InChI is InChI=1S/C26H24N5O3/c1-15-28-20-12-11-16(13-22(20)33-15)18-14-27-24-23(18)25(34-17-7-3-4-8-17)31-26(30-24)29-19-9-5-6-10-21(19)32-2/h5,9-14,17H,3-4,7-8H2,1-2H3,(H2,27,29,30,31). The molecule has 0 saturated heterocycles. The van der Waals surface area contributed by atoms with Crippen LogP contribution in [0.15, 0.2) is 47.0 Å². The first-order valence-electron chi connectivity index (χ1n) is 11.4. The minimum Gasteiger partial charge on any atom is -0.495 e. The zero-order valence-electron chi connectivity index (χ0n) is 19.0. The molecule has 6 rings (SSSR count). The Morgan fingerprint density at radius 2 is 2.03 bits per heavy atom. The van der Waals surface area contributed by atoms with E-state index in [0.29, 0.717) is 29.1 Å². The quantitative estimate of drug-likeness (QED) is 0.327. The maximum Gasteiger partial charge on any atom is 0.232 e. The average molecular weight is 455 g/mol. The number of methoxy groups -OCH3 is 1. The Bertz CT molecular complexity index is 1480. The van der Waals surface area contributed by atoms with Gasteiger partial charge >= 0.3 is 0 Å². The highest BCUT2D eigenvalue weighted by molar-refractivity contribution is 5.99. The van der Waals surface area contributed by atoms with Crippen molar-refractivity contribution < 1.29 is 13.9 Å². The van der Waals surface area contributed by atoms with E-state index in [-0.39, 0.29) is 6.10 Å². The molecular formula is C26H24N5O3. The molecule has 171 valence electrons. The third kappa shape index (κ3) is 3.71. The average Bonchev–Trinajstić information content (AvgIpc) is 3.58. The van der Waals surface area contributed by atoms with Gasteiger partial charge in [-0.25, -0.2) is 4.98 Å². The topological polar surface area (TPSA) is 98.1 Å². The van der Waals surface area contributed by atoms with Crippen LogP contribution >= 0.6 is 0 Å². The van der Waals surface area contributed by atoms with Crippen molar-refractivity contribution in [2.75, 3.05) is 12.4 Å². The molecule has 0 unspecified atom stereocenters. The lowest BCUT2D eigenvalue weighted by molar-refractivity contribution is 0.204. The molecule has 2 N–H and O–H groups in total. The summed E-state index contributed by atoms with van der Waals surface area (Å²) in [5.74, 6) is 2.29. The highest BCUT2D eigenvalue weighted by Crippen LogP contribution is 2.38.